The summed E-state index contributed by atoms with van der Waals surface area (Å²) in [6.45, 7) is 2.38. The monoisotopic (exact) mass is 557 g/mol. The van der Waals surface area contributed by atoms with Crippen molar-refractivity contribution in [2.45, 2.75) is 26.1 Å². The zero-order chi connectivity index (χ0) is 25.1. The van der Waals surface area contributed by atoms with Crippen molar-refractivity contribution < 1.29 is 4.92 Å². The third-order valence-corrected chi connectivity index (χ3v) is 6.21. The van der Waals surface area contributed by atoms with Crippen LogP contribution in [0.25, 0.3) is 21.8 Å². The van der Waals surface area contributed by atoms with Crippen molar-refractivity contribution in [1.29, 1.82) is 0 Å². The molecule has 190 valence electrons. The molecule has 0 atom stereocenters. The maximum absolute atomic E-state index is 10.9. The first-order chi connectivity index (χ1) is 17.4. The maximum Gasteiger partial charge on any atom is 0.490 e. The molecule has 0 spiro atoms. The average molecular weight is 559 g/mol. The van der Waals surface area contributed by atoms with Crippen LogP contribution >= 0.6 is 35.6 Å². The Morgan fingerprint density at radius 3 is 1.92 bits per heavy atom. The minimum atomic E-state index is -0.599. The lowest BCUT2D eigenvalue weighted by atomic mass is 10.2. The van der Waals surface area contributed by atoms with Crippen molar-refractivity contribution in [2.75, 3.05) is 6.54 Å². The van der Waals surface area contributed by atoms with Gasteiger partial charge in [-0.15, -0.1) is 12.4 Å². The Bertz CT molecular complexity index is 1470. The second-order valence-corrected chi connectivity index (χ2v) is 9.28. The number of benzene rings is 2. The van der Waals surface area contributed by atoms with Gasteiger partial charge in [-0.1, -0.05) is 52.5 Å². The highest BCUT2D eigenvalue weighted by Gasteiger charge is 2.15. The molecule has 12 heteroatoms. The SMILES string of the molecule is Cl.O=[N+]([O-])c1ncn(CCCN(Cc2ccc3ccc(Cl)cc3n2)Cc2ccc3ccc(Cl)cc3n2)n1. The van der Waals surface area contributed by atoms with Gasteiger partial charge in [-0.2, -0.15) is 4.68 Å². The van der Waals surface area contributed by atoms with Gasteiger partial charge in [0.1, 0.15) is 0 Å². The number of pyridine rings is 2. The number of rotatable bonds is 9. The van der Waals surface area contributed by atoms with Gasteiger partial charge in [-0.3, -0.25) is 14.9 Å². The summed E-state index contributed by atoms with van der Waals surface area (Å²) in [5.74, 6) is -0.398. The van der Waals surface area contributed by atoms with Crippen LogP contribution in [-0.4, -0.2) is 41.1 Å². The highest BCUT2D eigenvalue weighted by Crippen LogP contribution is 2.21. The third kappa shape index (κ3) is 6.69. The third-order valence-electron chi connectivity index (χ3n) is 5.74. The summed E-state index contributed by atoms with van der Waals surface area (Å²) in [6, 6.07) is 19.4. The number of halogens is 3. The van der Waals surface area contributed by atoms with Crippen LogP contribution in [0.4, 0.5) is 5.95 Å². The number of aromatic nitrogens is 5. The Balaban J connectivity index is 0.00000320. The predicted octanol–water partition coefficient (Wildman–Crippen LogP) is 6.10. The van der Waals surface area contributed by atoms with Gasteiger partial charge in [0.15, 0.2) is 0 Å². The summed E-state index contributed by atoms with van der Waals surface area (Å²) < 4.78 is 1.49. The quantitative estimate of drug-likeness (QED) is 0.159. The second-order valence-electron chi connectivity index (χ2n) is 8.41. The molecule has 2 aromatic carbocycles. The summed E-state index contributed by atoms with van der Waals surface area (Å²) >= 11 is 12.3. The van der Waals surface area contributed by atoms with E-state index in [1.807, 2.05) is 60.7 Å². The first-order valence-corrected chi connectivity index (χ1v) is 12.1. The largest absolute Gasteiger partial charge is 0.490 e. The molecule has 0 fully saturated rings. The van der Waals surface area contributed by atoms with Gasteiger partial charge in [-0.25, -0.2) is 0 Å². The molecule has 0 saturated carbocycles. The molecule has 3 aromatic heterocycles. The molecule has 5 rings (SSSR count). The van der Waals surface area contributed by atoms with Crippen LogP contribution in [-0.2, 0) is 19.6 Å². The minimum absolute atomic E-state index is 0. The van der Waals surface area contributed by atoms with Gasteiger partial charge in [-0.05, 0) is 47.7 Å². The van der Waals surface area contributed by atoms with Crippen LogP contribution in [0, 0.1) is 10.1 Å². The van der Waals surface area contributed by atoms with Crippen LogP contribution in [0.15, 0.2) is 67.0 Å². The van der Waals surface area contributed by atoms with E-state index in [-0.39, 0.29) is 12.4 Å². The molecule has 0 saturated heterocycles. The van der Waals surface area contributed by atoms with E-state index in [4.69, 9.17) is 33.2 Å². The molecular weight excluding hydrogens is 537 g/mol. The molecule has 0 amide bonds. The van der Waals surface area contributed by atoms with Crippen molar-refractivity contribution >= 4 is 63.4 Å². The fourth-order valence-corrected chi connectivity index (χ4v) is 4.38. The van der Waals surface area contributed by atoms with Crippen LogP contribution in [0.1, 0.15) is 17.8 Å². The van der Waals surface area contributed by atoms with E-state index in [0.717, 1.165) is 33.2 Å². The topological polar surface area (TPSA) is 103 Å². The van der Waals surface area contributed by atoms with Crippen molar-refractivity contribution in [1.82, 2.24) is 29.6 Å². The number of nitro groups is 1. The molecule has 9 nitrogen and oxygen atoms in total. The predicted molar refractivity (Wildman–Crippen MR) is 146 cm³/mol. The molecule has 37 heavy (non-hydrogen) atoms. The molecule has 0 aliphatic heterocycles. The second kappa shape index (κ2) is 11.8. The Morgan fingerprint density at radius 2 is 1.41 bits per heavy atom. The van der Waals surface area contributed by atoms with E-state index in [1.54, 1.807) is 0 Å². The number of nitrogens with zero attached hydrogens (tertiary/aromatic N) is 7. The van der Waals surface area contributed by atoms with E-state index in [9.17, 15) is 10.1 Å². The maximum atomic E-state index is 10.9. The van der Waals surface area contributed by atoms with Crippen molar-refractivity contribution in [3.05, 3.63) is 98.5 Å². The molecule has 5 aromatic rings. The Kier molecular flexibility index (Phi) is 8.50. The average Bonchev–Trinajstić information content (AvgIpc) is 3.33. The summed E-state index contributed by atoms with van der Waals surface area (Å²) in [5.41, 5.74) is 3.50. The van der Waals surface area contributed by atoms with Gasteiger partial charge in [0, 0.05) is 45.6 Å². The van der Waals surface area contributed by atoms with E-state index in [2.05, 4.69) is 15.0 Å². The zero-order valence-corrected chi connectivity index (χ0v) is 21.8. The van der Waals surface area contributed by atoms with Crippen molar-refractivity contribution in [3.8, 4) is 0 Å². The lowest BCUT2D eigenvalue weighted by molar-refractivity contribution is -0.394. The molecular formula is C25H22Cl3N7O2. The highest BCUT2D eigenvalue weighted by atomic mass is 35.5. The van der Waals surface area contributed by atoms with Gasteiger partial charge in [0.2, 0.25) is 6.33 Å². The van der Waals surface area contributed by atoms with Gasteiger partial charge < -0.3 is 10.1 Å². The highest BCUT2D eigenvalue weighted by molar-refractivity contribution is 6.31. The lowest BCUT2D eigenvalue weighted by Gasteiger charge is -2.22. The zero-order valence-electron chi connectivity index (χ0n) is 19.5. The van der Waals surface area contributed by atoms with E-state index < -0.39 is 10.9 Å². The molecule has 0 radical (unpaired) electrons. The Labute approximate surface area is 228 Å². The van der Waals surface area contributed by atoms with Crippen LogP contribution < -0.4 is 0 Å². The van der Waals surface area contributed by atoms with Crippen molar-refractivity contribution in [2.24, 2.45) is 0 Å². The van der Waals surface area contributed by atoms with E-state index in [0.29, 0.717) is 42.6 Å². The summed E-state index contributed by atoms with van der Waals surface area (Å²) in [6.07, 6.45) is 2.09. The molecule has 0 N–H and O–H groups in total. The minimum Gasteiger partial charge on any atom is -0.390 e. The fraction of sp³-hybridized carbons (Fsp3) is 0.200. The van der Waals surface area contributed by atoms with Crippen LogP contribution in [0.5, 0.6) is 0 Å². The van der Waals surface area contributed by atoms with Gasteiger partial charge in [0.25, 0.3) is 0 Å². The van der Waals surface area contributed by atoms with Crippen LogP contribution in [0.3, 0.4) is 0 Å². The molecule has 0 aliphatic carbocycles. The van der Waals surface area contributed by atoms with Gasteiger partial charge in [0.05, 0.1) is 29.0 Å². The summed E-state index contributed by atoms with van der Waals surface area (Å²) in [7, 11) is 0. The number of fused-ring (bicyclic) bond motifs is 2. The summed E-state index contributed by atoms with van der Waals surface area (Å²) in [4.78, 5) is 25.8. The number of aryl methyl sites for hydroxylation is 1. The molecule has 0 aliphatic rings. The Hall–Kier alpha value is -3.37. The van der Waals surface area contributed by atoms with Crippen LogP contribution in [0.2, 0.25) is 10.0 Å². The van der Waals surface area contributed by atoms with E-state index >= 15 is 0 Å². The normalized spacial score (nSPS) is 11.2. The number of hydrogen-bond donors (Lipinski definition) is 0. The fourth-order valence-electron chi connectivity index (χ4n) is 4.05. The number of hydrogen-bond acceptors (Lipinski definition) is 7. The standard InChI is InChI=1S/C25H21Cl2N7O2.ClH/c26-19-6-2-17-4-8-21(29-23(17)12-19)14-32(10-1-11-33-16-28-25(31-33)34(35)36)15-22-9-5-18-3-7-20(27)13-24(18)30-22;/h2-9,12-13,16H,1,10-11,14-15H2;1H. The first kappa shape index (κ1) is 26.7. The lowest BCUT2D eigenvalue weighted by Crippen LogP contribution is -2.26. The van der Waals surface area contributed by atoms with Gasteiger partial charge >= 0.3 is 5.95 Å². The molecule has 0 bridgehead atoms. The molecule has 3 heterocycles. The smallest absolute Gasteiger partial charge is 0.390 e. The first-order valence-electron chi connectivity index (χ1n) is 11.3. The van der Waals surface area contributed by atoms with Crippen molar-refractivity contribution in [3.63, 3.8) is 0 Å². The summed E-state index contributed by atoms with van der Waals surface area (Å²) in [5, 5.41) is 18.1. The Morgan fingerprint density at radius 1 is 0.865 bits per heavy atom. The van der Waals surface area contributed by atoms with E-state index in [1.165, 1.54) is 11.0 Å². The molecule has 0 unspecified atom stereocenters.